The Morgan fingerprint density at radius 1 is 1.39 bits per heavy atom. The predicted octanol–water partition coefficient (Wildman–Crippen LogP) is 2.49. The van der Waals surface area contributed by atoms with Crippen LogP contribution < -0.4 is 5.32 Å². The summed E-state index contributed by atoms with van der Waals surface area (Å²) in [6.07, 6.45) is 4.58. The van der Waals surface area contributed by atoms with Gasteiger partial charge in [0.05, 0.1) is 23.6 Å². The quantitative estimate of drug-likeness (QED) is 0.791. The monoisotopic (exact) mass is 242 g/mol. The van der Waals surface area contributed by atoms with Crippen LogP contribution in [0.25, 0.3) is 5.69 Å². The van der Waals surface area contributed by atoms with Crippen molar-refractivity contribution in [2.24, 2.45) is 0 Å². The summed E-state index contributed by atoms with van der Waals surface area (Å²) in [7, 11) is 0. The lowest BCUT2D eigenvalue weighted by Crippen LogP contribution is -2.23. The summed E-state index contributed by atoms with van der Waals surface area (Å²) in [6, 6.07) is 10.2. The molecule has 0 bridgehead atoms. The Morgan fingerprint density at radius 3 is 2.83 bits per heavy atom. The highest BCUT2D eigenvalue weighted by Crippen LogP contribution is 2.19. The van der Waals surface area contributed by atoms with Crippen molar-refractivity contribution < 1.29 is 0 Å². The number of rotatable bonds is 6. The third kappa shape index (κ3) is 2.65. The first kappa shape index (κ1) is 12.5. The van der Waals surface area contributed by atoms with Gasteiger partial charge < -0.3 is 5.32 Å². The smallest absolute Gasteiger partial charge is 0.0818 e. The molecule has 94 valence electrons. The Morgan fingerprint density at radius 2 is 2.17 bits per heavy atom. The van der Waals surface area contributed by atoms with Crippen LogP contribution in [0.4, 0.5) is 0 Å². The number of aromatic nitrogens is 3. The summed E-state index contributed by atoms with van der Waals surface area (Å²) < 4.78 is 1.87. The van der Waals surface area contributed by atoms with Crippen molar-refractivity contribution in [1.29, 1.82) is 0 Å². The van der Waals surface area contributed by atoms with Gasteiger partial charge in [-0.15, -0.1) is 11.7 Å². The summed E-state index contributed by atoms with van der Waals surface area (Å²) in [4.78, 5) is 0. The molecule has 1 N–H and O–H groups in total. The SMILES string of the molecule is C=CCC(NCC)c1cnnn1-c1ccccc1. The predicted molar refractivity (Wildman–Crippen MR) is 72.6 cm³/mol. The number of benzene rings is 1. The van der Waals surface area contributed by atoms with Crippen molar-refractivity contribution in [3.63, 3.8) is 0 Å². The molecular weight excluding hydrogens is 224 g/mol. The molecule has 0 spiro atoms. The van der Waals surface area contributed by atoms with E-state index >= 15 is 0 Å². The molecule has 4 heteroatoms. The first-order chi connectivity index (χ1) is 8.86. The number of nitrogens with one attached hydrogen (secondary N) is 1. The number of nitrogens with zero attached hydrogens (tertiary/aromatic N) is 3. The summed E-state index contributed by atoms with van der Waals surface area (Å²) in [5, 5.41) is 11.6. The van der Waals surface area contributed by atoms with Gasteiger partial charge in [0, 0.05) is 0 Å². The van der Waals surface area contributed by atoms with Crippen LogP contribution in [-0.4, -0.2) is 21.5 Å². The second kappa shape index (κ2) is 6.12. The van der Waals surface area contributed by atoms with Gasteiger partial charge in [-0.05, 0) is 25.1 Å². The minimum Gasteiger partial charge on any atom is -0.309 e. The maximum Gasteiger partial charge on any atom is 0.0818 e. The van der Waals surface area contributed by atoms with Crippen LogP contribution in [0.3, 0.4) is 0 Å². The average molecular weight is 242 g/mol. The number of hydrogen-bond donors (Lipinski definition) is 1. The van der Waals surface area contributed by atoms with E-state index in [9.17, 15) is 0 Å². The minimum absolute atomic E-state index is 0.197. The molecule has 0 aliphatic heterocycles. The Hall–Kier alpha value is -1.94. The van der Waals surface area contributed by atoms with Gasteiger partial charge in [0.2, 0.25) is 0 Å². The van der Waals surface area contributed by atoms with Gasteiger partial charge in [-0.25, -0.2) is 4.68 Å². The summed E-state index contributed by atoms with van der Waals surface area (Å²) in [6.45, 7) is 6.80. The summed E-state index contributed by atoms with van der Waals surface area (Å²) in [5.74, 6) is 0. The molecule has 1 unspecified atom stereocenters. The molecule has 0 aliphatic carbocycles. The van der Waals surface area contributed by atoms with Crippen LogP contribution >= 0.6 is 0 Å². The number of para-hydroxylation sites is 1. The highest BCUT2D eigenvalue weighted by Gasteiger charge is 2.15. The van der Waals surface area contributed by atoms with Crippen molar-refractivity contribution in [3.05, 3.63) is 54.9 Å². The van der Waals surface area contributed by atoms with E-state index in [0.717, 1.165) is 24.3 Å². The third-order valence-corrected chi connectivity index (χ3v) is 2.79. The minimum atomic E-state index is 0.197. The largest absolute Gasteiger partial charge is 0.309 e. The lowest BCUT2D eigenvalue weighted by atomic mass is 10.1. The molecule has 1 heterocycles. The van der Waals surface area contributed by atoms with E-state index in [1.807, 2.05) is 47.3 Å². The third-order valence-electron chi connectivity index (χ3n) is 2.79. The zero-order chi connectivity index (χ0) is 12.8. The zero-order valence-corrected chi connectivity index (χ0v) is 10.6. The molecule has 0 aliphatic rings. The highest BCUT2D eigenvalue weighted by atomic mass is 15.4. The fraction of sp³-hybridized carbons (Fsp3) is 0.286. The standard InChI is InChI=1S/C14H18N4/c1-3-8-13(15-4-2)14-11-16-17-18(14)12-9-6-5-7-10-12/h3,5-7,9-11,13,15H,1,4,8H2,2H3. The molecular formula is C14H18N4. The molecule has 4 nitrogen and oxygen atoms in total. The summed E-state index contributed by atoms with van der Waals surface area (Å²) >= 11 is 0. The van der Waals surface area contributed by atoms with Gasteiger partial charge in [0.1, 0.15) is 0 Å². The van der Waals surface area contributed by atoms with Gasteiger partial charge in [-0.3, -0.25) is 0 Å². The Balaban J connectivity index is 2.34. The fourth-order valence-corrected chi connectivity index (χ4v) is 1.97. The van der Waals surface area contributed by atoms with Crippen molar-refractivity contribution >= 4 is 0 Å². The molecule has 18 heavy (non-hydrogen) atoms. The van der Waals surface area contributed by atoms with Crippen LogP contribution in [0.15, 0.2) is 49.2 Å². The molecule has 2 aromatic rings. The van der Waals surface area contributed by atoms with Gasteiger partial charge in [0.15, 0.2) is 0 Å². The van der Waals surface area contributed by atoms with Crippen molar-refractivity contribution in [2.75, 3.05) is 6.54 Å². The lowest BCUT2D eigenvalue weighted by Gasteiger charge is -2.16. The van der Waals surface area contributed by atoms with Crippen molar-refractivity contribution in [2.45, 2.75) is 19.4 Å². The molecule has 0 saturated heterocycles. The van der Waals surface area contributed by atoms with E-state index in [1.54, 1.807) is 0 Å². The molecule has 1 atom stereocenters. The van der Waals surface area contributed by atoms with Crippen LogP contribution in [0, 0.1) is 0 Å². The van der Waals surface area contributed by atoms with E-state index in [1.165, 1.54) is 0 Å². The van der Waals surface area contributed by atoms with Crippen molar-refractivity contribution in [3.8, 4) is 5.69 Å². The first-order valence-electron chi connectivity index (χ1n) is 6.17. The van der Waals surface area contributed by atoms with Gasteiger partial charge >= 0.3 is 0 Å². The normalized spacial score (nSPS) is 12.3. The number of hydrogen-bond acceptors (Lipinski definition) is 3. The summed E-state index contributed by atoms with van der Waals surface area (Å²) in [5.41, 5.74) is 2.08. The Labute approximate surface area is 107 Å². The van der Waals surface area contributed by atoms with E-state index < -0.39 is 0 Å². The Kier molecular flexibility index (Phi) is 4.25. The van der Waals surface area contributed by atoms with E-state index in [4.69, 9.17) is 0 Å². The second-order valence-electron chi connectivity index (χ2n) is 4.04. The van der Waals surface area contributed by atoms with Crippen LogP contribution in [-0.2, 0) is 0 Å². The van der Waals surface area contributed by atoms with Gasteiger partial charge in [0.25, 0.3) is 0 Å². The molecule has 0 radical (unpaired) electrons. The maximum absolute atomic E-state index is 4.16. The molecule has 1 aromatic heterocycles. The van der Waals surface area contributed by atoms with Crippen LogP contribution in [0.2, 0.25) is 0 Å². The second-order valence-corrected chi connectivity index (χ2v) is 4.04. The molecule has 0 amide bonds. The zero-order valence-electron chi connectivity index (χ0n) is 10.6. The highest BCUT2D eigenvalue weighted by molar-refractivity contribution is 5.32. The molecule has 2 rings (SSSR count). The lowest BCUT2D eigenvalue weighted by molar-refractivity contribution is 0.529. The van der Waals surface area contributed by atoms with Crippen molar-refractivity contribution in [1.82, 2.24) is 20.3 Å². The topological polar surface area (TPSA) is 42.7 Å². The Bertz CT molecular complexity index is 490. The fourth-order valence-electron chi connectivity index (χ4n) is 1.97. The van der Waals surface area contributed by atoms with E-state index in [0.29, 0.717) is 0 Å². The van der Waals surface area contributed by atoms with Gasteiger partial charge in [-0.2, -0.15) is 0 Å². The molecule has 0 saturated carbocycles. The van der Waals surface area contributed by atoms with Crippen LogP contribution in [0.5, 0.6) is 0 Å². The van der Waals surface area contributed by atoms with Crippen LogP contribution in [0.1, 0.15) is 25.1 Å². The first-order valence-corrected chi connectivity index (χ1v) is 6.17. The molecule has 0 fully saturated rings. The average Bonchev–Trinajstić information content (AvgIpc) is 2.88. The molecule has 1 aromatic carbocycles. The van der Waals surface area contributed by atoms with Gasteiger partial charge in [-0.1, -0.05) is 36.4 Å². The van der Waals surface area contributed by atoms with E-state index in [2.05, 4.69) is 29.1 Å². The van der Waals surface area contributed by atoms with E-state index in [-0.39, 0.29) is 6.04 Å². The maximum atomic E-state index is 4.16.